The molecule has 1 saturated carbocycles. The number of carbonyl (C=O) groups is 2. The van der Waals surface area contributed by atoms with Gasteiger partial charge in [-0.15, -0.1) is 0 Å². The molecule has 108 valence electrons. The van der Waals surface area contributed by atoms with Gasteiger partial charge in [-0.2, -0.15) is 0 Å². The van der Waals surface area contributed by atoms with E-state index in [4.69, 9.17) is 0 Å². The number of anilines is 1. The van der Waals surface area contributed by atoms with Crippen LogP contribution >= 0.6 is 0 Å². The first-order valence-corrected chi connectivity index (χ1v) is 7.00. The fraction of sp³-hybridized carbons (Fsp3) is 0.500. The topological polar surface area (TPSA) is 58.2 Å². The van der Waals surface area contributed by atoms with Crippen LogP contribution in [0, 0.1) is 11.8 Å². The van der Waals surface area contributed by atoms with Gasteiger partial charge in [0.15, 0.2) is 0 Å². The van der Waals surface area contributed by atoms with Gasteiger partial charge in [-0.05, 0) is 57.4 Å². The Kier molecular flexibility index (Phi) is 3.84. The third-order valence-corrected chi connectivity index (χ3v) is 3.35. The number of hydrogen-bond acceptors (Lipinski definition) is 2. The van der Waals surface area contributed by atoms with E-state index in [9.17, 15) is 9.59 Å². The van der Waals surface area contributed by atoms with Crippen LogP contribution in [0.3, 0.4) is 0 Å². The van der Waals surface area contributed by atoms with E-state index in [0.717, 1.165) is 12.1 Å². The van der Waals surface area contributed by atoms with Crippen molar-refractivity contribution >= 4 is 17.5 Å². The second kappa shape index (κ2) is 5.27. The lowest BCUT2D eigenvalue weighted by molar-refractivity contribution is -0.117. The Morgan fingerprint density at radius 3 is 2.15 bits per heavy atom. The normalized spacial score (nSPS) is 21.2. The molecule has 1 fully saturated rings. The average molecular weight is 274 g/mol. The van der Waals surface area contributed by atoms with Crippen molar-refractivity contribution in [2.75, 3.05) is 5.32 Å². The monoisotopic (exact) mass is 274 g/mol. The number of amides is 2. The van der Waals surface area contributed by atoms with E-state index in [1.165, 1.54) is 0 Å². The van der Waals surface area contributed by atoms with Crippen molar-refractivity contribution in [1.82, 2.24) is 5.32 Å². The van der Waals surface area contributed by atoms with Gasteiger partial charge in [0.1, 0.15) is 0 Å². The highest BCUT2D eigenvalue weighted by Gasteiger charge is 2.39. The van der Waals surface area contributed by atoms with Crippen LogP contribution in [0.15, 0.2) is 24.3 Å². The van der Waals surface area contributed by atoms with E-state index < -0.39 is 0 Å². The third-order valence-electron chi connectivity index (χ3n) is 3.35. The van der Waals surface area contributed by atoms with Crippen molar-refractivity contribution < 1.29 is 9.59 Å². The molecule has 2 rings (SSSR count). The molecule has 0 bridgehead atoms. The van der Waals surface area contributed by atoms with Crippen LogP contribution in [0.25, 0.3) is 0 Å². The second-order valence-corrected chi connectivity index (χ2v) is 6.59. The summed E-state index contributed by atoms with van der Waals surface area (Å²) in [5, 5.41) is 5.78. The Hall–Kier alpha value is -1.84. The van der Waals surface area contributed by atoms with Gasteiger partial charge in [0.2, 0.25) is 5.91 Å². The zero-order valence-electron chi connectivity index (χ0n) is 12.5. The third kappa shape index (κ3) is 3.83. The molecule has 0 heterocycles. The van der Waals surface area contributed by atoms with Gasteiger partial charge in [-0.3, -0.25) is 9.59 Å². The summed E-state index contributed by atoms with van der Waals surface area (Å²) in [4.78, 5) is 23.8. The van der Waals surface area contributed by atoms with Crippen molar-refractivity contribution in [3.8, 4) is 0 Å². The molecule has 0 radical (unpaired) electrons. The predicted octanol–water partition coefficient (Wildman–Crippen LogP) is 2.81. The number of rotatable bonds is 3. The van der Waals surface area contributed by atoms with Gasteiger partial charge in [-0.25, -0.2) is 0 Å². The van der Waals surface area contributed by atoms with E-state index in [-0.39, 0.29) is 23.3 Å². The number of nitrogens with one attached hydrogen (secondary N) is 2. The molecule has 1 aromatic carbocycles. The van der Waals surface area contributed by atoms with Crippen LogP contribution in [0.2, 0.25) is 0 Å². The minimum atomic E-state index is -0.258. The molecule has 1 aliphatic carbocycles. The molecule has 0 saturated heterocycles. The summed E-state index contributed by atoms with van der Waals surface area (Å²) >= 11 is 0. The summed E-state index contributed by atoms with van der Waals surface area (Å²) in [7, 11) is 0. The van der Waals surface area contributed by atoms with Crippen LogP contribution < -0.4 is 10.6 Å². The summed E-state index contributed by atoms with van der Waals surface area (Å²) in [6, 6.07) is 6.99. The molecule has 0 spiro atoms. The van der Waals surface area contributed by atoms with Crippen molar-refractivity contribution in [1.29, 1.82) is 0 Å². The van der Waals surface area contributed by atoms with Crippen LogP contribution in [0.1, 0.15) is 44.5 Å². The van der Waals surface area contributed by atoms with Crippen LogP contribution in [-0.4, -0.2) is 17.4 Å². The first kappa shape index (κ1) is 14.6. The maximum Gasteiger partial charge on any atom is 0.251 e. The summed E-state index contributed by atoms with van der Waals surface area (Å²) in [5.41, 5.74) is 1.07. The highest BCUT2D eigenvalue weighted by molar-refractivity contribution is 5.97. The van der Waals surface area contributed by atoms with Gasteiger partial charge in [0.05, 0.1) is 0 Å². The van der Waals surface area contributed by atoms with Gasteiger partial charge in [0, 0.05) is 22.7 Å². The summed E-state index contributed by atoms with van der Waals surface area (Å²) < 4.78 is 0. The molecule has 1 aliphatic rings. The molecule has 20 heavy (non-hydrogen) atoms. The SMILES string of the molecule is C[C@@H]1C[C@@H]1C(=O)Nc1ccc(C(=O)NC(C)(C)C)cc1. The Labute approximate surface area is 119 Å². The van der Waals surface area contributed by atoms with Crippen LogP contribution in [-0.2, 0) is 4.79 Å². The van der Waals surface area contributed by atoms with Gasteiger partial charge in [-0.1, -0.05) is 6.92 Å². The average Bonchev–Trinajstić information content (AvgIpc) is 3.05. The number of benzene rings is 1. The number of carbonyl (C=O) groups excluding carboxylic acids is 2. The minimum absolute atomic E-state index is 0.0735. The second-order valence-electron chi connectivity index (χ2n) is 6.59. The highest BCUT2D eigenvalue weighted by Crippen LogP contribution is 2.38. The summed E-state index contributed by atoms with van der Waals surface area (Å²) in [6.07, 6.45) is 0.970. The molecular weight excluding hydrogens is 252 g/mol. The molecule has 1 aromatic rings. The van der Waals surface area contributed by atoms with E-state index >= 15 is 0 Å². The van der Waals surface area contributed by atoms with E-state index in [0.29, 0.717) is 11.5 Å². The van der Waals surface area contributed by atoms with E-state index in [2.05, 4.69) is 17.6 Å². The molecule has 0 unspecified atom stereocenters. The van der Waals surface area contributed by atoms with Crippen molar-refractivity contribution in [3.05, 3.63) is 29.8 Å². The zero-order chi connectivity index (χ0) is 14.9. The summed E-state index contributed by atoms with van der Waals surface area (Å²) in [6.45, 7) is 7.90. The lowest BCUT2D eigenvalue weighted by Gasteiger charge is -2.20. The fourth-order valence-electron chi connectivity index (χ4n) is 2.04. The maximum atomic E-state index is 12.0. The molecule has 4 heteroatoms. The van der Waals surface area contributed by atoms with Crippen molar-refractivity contribution in [3.63, 3.8) is 0 Å². The van der Waals surface area contributed by atoms with Gasteiger partial charge in [0.25, 0.3) is 5.91 Å². The first-order valence-electron chi connectivity index (χ1n) is 7.00. The predicted molar refractivity (Wildman–Crippen MR) is 79.6 cm³/mol. The molecule has 4 nitrogen and oxygen atoms in total. The highest BCUT2D eigenvalue weighted by atomic mass is 16.2. The Morgan fingerprint density at radius 2 is 1.70 bits per heavy atom. The lowest BCUT2D eigenvalue weighted by atomic mass is 10.1. The largest absolute Gasteiger partial charge is 0.347 e. The quantitative estimate of drug-likeness (QED) is 0.890. The lowest BCUT2D eigenvalue weighted by Crippen LogP contribution is -2.40. The van der Waals surface area contributed by atoms with Crippen molar-refractivity contribution in [2.24, 2.45) is 11.8 Å². The Balaban J connectivity index is 1.96. The van der Waals surface area contributed by atoms with E-state index in [1.807, 2.05) is 20.8 Å². The molecular formula is C16H22N2O2. The zero-order valence-corrected chi connectivity index (χ0v) is 12.5. The number of hydrogen-bond donors (Lipinski definition) is 2. The molecule has 0 aliphatic heterocycles. The minimum Gasteiger partial charge on any atom is -0.347 e. The molecule has 2 N–H and O–H groups in total. The van der Waals surface area contributed by atoms with Crippen LogP contribution in [0.5, 0.6) is 0 Å². The Bertz CT molecular complexity index is 514. The fourth-order valence-corrected chi connectivity index (χ4v) is 2.04. The van der Waals surface area contributed by atoms with Crippen molar-refractivity contribution in [2.45, 2.75) is 39.7 Å². The standard InChI is InChI=1S/C16H22N2O2/c1-10-9-13(10)15(20)17-12-7-5-11(6-8-12)14(19)18-16(2,3)4/h5-8,10,13H,9H2,1-4H3,(H,17,20)(H,18,19)/t10-,13+/m1/s1. The summed E-state index contributed by atoms with van der Waals surface area (Å²) in [5.74, 6) is 0.612. The van der Waals surface area contributed by atoms with E-state index in [1.54, 1.807) is 24.3 Å². The smallest absolute Gasteiger partial charge is 0.251 e. The van der Waals surface area contributed by atoms with Gasteiger partial charge >= 0.3 is 0 Å². The van der Waals surface area contributed by atoms with Gasteiger partial charge < -0.3 is 10.6 Å². The first-order chi connectivity index (χ1) is 9.26. The maximum absolute atomic E-state index is 12.0. The van der Waals surface area contributed by atoms with Crippen LogP contribution in [0.4, 0.5) is 5.69 Å². The molecule has 2 amide bonds. The molecule has 0 aromatic heterocycles. The molecule has 2 atom stereocenters. The Morgan fingerprint density at radius 1 is 1.15 bits per heavy atom.